The number of nitrogens with zero attached hydrogens (tertiary/aromatic N) is 2. The molecule has 5 nitrogen and oxygen atoms in total. The second-order valence-electron chi connectivity index (χ2n) is 8.67. The maximum Gasteiger partial charge on any atom is 0.266 e. The summed E-state index contributed by atoms with van der Waals surface area (Å²) >= 11 is 7.28. The standard InChI is InChI=1S/C29H20Br2N2O3/c1-36-24-13-20-23(14-22(24)31)32(16-17-8-4-2-5-9-17)27-18(15-30)12-21-26(25(20)27)29(35)33(28(21)34)19-10-6-3-7-11-19/h2-14H,15-16H2,1H3. The summed E-state index contributed by atoms with van der Waals surface area (Å²) in [5, 5.41) is 2.18. The van der Waals surface area contributed by atoms with Gasteiger partial charge >= 0.3 is 0 Å². The van der Waals surface area contributed by atoms with Crippen molar-refractivity contribution in [2.24, 2.45) is 0 Å². The second-order valence-corrected chi connectivity index (χ2v) is 10.1. The molecule has 178 valence electrons. The number of para-hydroxylation sites is 1. The number of carbonyl (C=O) groups is 2. The van der Waals surface area contributed by atoms with Crippen molar-refractivity contribution in [2.45, 2.75) is 11.9 Å². The Balaban J connectivity index is 1.72. The highest BCUT2D eigenvalue weighted by Crippen LogP contribution is 2.43. The molecule has 6 rings (SSSR count). The molecule has 1 aliphatic rings. The van der Waals surface area contributed by atoms with Crippen LogP contribution in [0.25, 0.3) is 21.8 Å². The molecule has 5 aromatic rings. The Hall–Kier alpha value is -3.42. The van der Waals surface area contributed by atoms with Crippen molar-refractivity contribution in [1.29, 1.82) is 0 Å². The minimum atomic E-state index is -0.312. The fourth-order valence-corrected chi connectivity index (χ4v) is 6.02. The average Bonchev–Trinajstić information content (AvgIpc) is 3.34. The summed E-state index contributed by atoms with van der Waals surface area (Å²) in [6.45, 7) is 0.614. The van der Waals surface area contributed by atoms with Crippen LogP contribution in [0.2, 0.25) is 0 Å². The van der Waals surface area contributed by atoms with Crippen LogP contribution in [0.4, 0.5) is 5.69 Å². The van der Waals surface area contributed by atoms with Crippen molar-refractivity contribution in [2.75, 3.05) is 12.0 Å². The molecular formula is C29H20Br2N2O3. The lowest BCUT2D eigenvalue weighted by Crippen LogP contribution is -2.29. The molecule has 0 radical (unpaired) electrons. The molecule has 0 saturated carbocycles. The molecule has 0 bridgehead atoms. The highest BCUT2D eigenvalue weighted by Gasteiger charge is 2.40. The maximum atomic E-state index is 13.9. The van der Waals surface area contributed by atoms with Crippen molar-refractivity contribution in [3.05, 3.63) is 106 Å². The van der Waals surface area contributed by atoms with Crippen LogP contribution in [0.15, 0.2) is 83.3 Å². The smallest absolute Gasteiger partial charge is 0.266 e. The normalized spacial score (nSPS) is 13.1. The van der Waals surface area contributed by atoms with Gasteiger partial charge in [-0.05, 0) is 57.4 Å². The van der Waals surface area contributed by atoms with Crippen LogP contribution in [0.3, 0.4) is 0 Å². The van der Waals surface area contributed by atoms with E-state index in [1.165, 1.54) is 4.90 Å². The van der Waals surface area contributed by atoms with Gasteiger partial charge < -0.3 is 9.30 Å². The number of alkyl halides is 1. The molecule has 0 fully saturated rings. The van der Waals surface area contributed by atoms with Gasteiger partial charge in [0.25, 0.3) is 11.8 Å². The van der Waals surface area contributed by atoms with Gasteiger partial charge in [0, 0.05) is 22.6 Å². The molecule has 0 atom stereocenters. The number of hydrogen-bond acceptors (Lipinski definition) is 3. The summed E-state index contributed by atoms with van der Waals surface area (Å²) in [5.74, 6) is 0.0437. The zero-order valence-electron chi connectivity index (χ0n) is 19.3. The first-order valence-corrected chi connectivity index (χ1v) is 13.3. The van der Waals surface area contributed by atoms with Crippen LogP contribution in [0.1, 0.15) is 31.8 Å². The van der Waals surface area contributed by atoms with Crippen molar-refractivity contribution >= 4 is 71.2 Å². The van der Waals surface area contributed by atoms with Crippen molar-refractivity contribution in [3.63, 3.8) is 0 Å². The predicted octanol–water partition coefficient (Wildman–Crippen LogP) is 7.31. The van der Waals surface area contributed by atoms with E-state index >= 15 is 0 Å². The van der Waals surface area contributed by atoms with Crippen LogP contribution in [-0.2, 0) is 11.9 Å². The quantitative estimate of drug-likeness (QED) is 0.156. The van der Waals surface area contributed by atoms with Crippen LogP contribution >= 0.6 is 31.9 Å². The zero-order chi connectivity index (χ0) is 25.0. The SMILES string of the molecule is COc1cc2c3c4c(cc(CBr)c3n(Cc3ccccc3)c2cc1Br)C(=O)N(c1ccccc1)C4=O. The summed E-state index contributed by atoms with van der Waals surface area (Å²) in [4.78, 5) is 28.8. The third-order valence-corrected chi connectivity index (χ3v) is 7.90. The fraction of sp³-hybridized carbons (Fsp3) is 0.103. The lowest BCUT2D eigenvalue weighted by atomic mass is 9.99. The van der Waals surface area contributed by atoms with E-state index in [9.17, 15) is 9.59 Å². The monoisotopic (exact) mass is 602 g/mol. The van der Waals surface area contributed by atoms with E-state index in [1.807, 2.05) is 54.6 Å². The predicted molar refractivity (Wildman–Crippen MR) is 149 cm³/mol. The van der Waals surface area contributed by atoms with E-state index in [4.69, 9.17) is 4.74 Å². The topological polar surface area (TPSA) is 51.5 Å². The van der Waals surface area contributed by atoms with E-state index in [-0.39, 0.29) is 11.8 Å². The van der Waals surface area contributed by atoms with Crippen molar-refractivity contribution < 1.29 is 14.3 Å². The highest BCUT2D eigenvalue weighted by atomic mass is 79.9. The Kier molecular flexibility index (Phi) is 5.69. The van der Waals surface area contributed by atoms with Gasteiger partial charge in [0.15, 0.2) is 0 Å². The van der Waals surface area contributed by atoms with Gasteiger partial charge in [-0.1, -0.05) is 64.5 Å². The summed E-state index contributed by atoms with van der Waals surface area (Å²) < 4.78 is 8.66. The molecule has 36 heavy (non-hydrogen) atoms. The van der Waals surface area contributed by atoms with Gasteiger partial charge in [-0.2, -0.15) is 0 Å². The highest BCUT2D eigenvalue weighted by molar-refractivity contribution is 9.10. The Morgan fingerprint density at radius 2 is 1.58 bits per heavy atom. The fourth-order valence-electron chi connectivity index (χ4n) is 5.10. The van der Waals surface area contributed by atoms with E-state index in [1.54, 1.807) is 19.2 Å². The Morgan fingerprint density at radius 1 is 0.889 bits per heavy atom. The van der Waals surface area contributed by atoms with Gasteiger partial charge in [-0.25, -0.2) is 4.90 Å². The number of amides is 2. The summed E-state index contributed by atoms with van der Waals surface area (Å²) in [5.41, 5.74) is 5.39. The van der Waals surface area contributed by atoms with E-state index in [0.29, 0.717) is 34.4 Å². The van der Waals surface area contributed by atoms with Crippen LogP contribution < -0.4 is 9.64 Å². The third-order valence-electron chi connectivity index (χ3n) is 6.67. The summed E-state index contributed by atoms with van der Waals surface area (Å²) in [6, 6.07) is 25.1. The van der Waals surface area contributed by atoms with Crippen LogP contribution in [-0.4, -0.2) is 23.5 Å². The zero-order valence-corrected chi connectivity index (χ0v) is 22.5. The molecule has 1 aromatic heterocycles. The molecule has 0 saturated heterocycles. The van der Waals surface area contributed by atoms with E-state index in [2.05, 4.69) is 48.6 Å². The first-order valence-electron chi connectivity index (χ1n) is 11.4. The number of halogens is 2. The first-order chi connectivity index (χ1) is 17.5. The average molecular weight is 604 g/mol. The molecule has 0 spiro atoms. The number of ether oxygens (including phenoxy) is 1. The molecule has 1 aliphatic heterocycles. The summed E-state index contributed by atoms with van der Waals surface area (Å²) in [6.07, 6.45) is 0. The number of rotatable bonds is 5. The number of carbonyl (C=O) groups excluding carboxylic acids is 2. The molecule has 0 aliphatic carbocycles. The van der Waals surface area contributed by atoms with Gasteiger partial charge in [-0.15, -0.1) is 0 Å². The number of aromatic nitrogens is 1. The molecule has 2 amide bonds. The number of hydrogen-bond donors (Lipinski definition) is 0. The minimum Gasteiger partial charge on any atom is -0.496 e. The van der Waals surface area contributed by atoms with E-state index < -0.39 is 0 Å². The van der Waals surface area contributed by atoms with Crippen molar-refractivity contribution in [3.8, 4) is 5.75 Å². The molecule has 7 heteroatoms. The molecular weight excluding hydrogens is 584 g/mol. The lowest BCUT2D eigenvalue weighted by molar-refractivity contribution is 0.0926. The largest absolute Gasteiger partial charge is 0.496 e. The van der Waals surface area contributed by atoms with Crippen molar-refractivity contribution in [1.82, 2.24) is 4.57 Å². The van der Waals surface area contributed by atoms with Gasteiger partial charge in [0.1, 0.15) is 5.75 Å². The Morgan fingerprint density at radius 3 is 2.25 bits per heavy atom. The third kappa shape index (κ3) is 3.41. The number of benzene rings is 4. The number of fused-ring (bicyclic) bond motifs is 5. The van der Waals surface area contributed by atoms with Gasteiger partial charge in [0.05, 0.1) is 39.4 Å². The first kappa shape index (κ1) is 23.0. The molecule has 4 aromatic carbocycles. The maximum absolute atomic E-state index is 13.9. The molecule has 0 N–H and O–H groups in total. The summed E-state index contributed by atoms with van der Waals surface area (Å²) in [7, 11) is 1.62. The van der Waals surface area contributed by atoms with Gasteiger partial charge in [0.2, 0.25) is 0 Å². The second kappa shape index (κ2) is 8.91. The van der Waals surface area contributed by atoms with Crippen LogP contribution in [0.5, 0.6) is 5.75 Å². The van der Waals surface area contributed by atoms with Gasteiger partial charge in [-0.3, -0.25) is 9.59 Å². The van der Waals surface area contributed by atoms with Crippen LogP contribution in [0, 0.1) is 0 Å². The molecule has 2 heterocycles. The van der Waals surface area contributed by atoms with E-state index in [0.717, 1.165) is 37.4 Å². The number of methoxy groups -OCH3 is 1. The molecule has 0 unspecified atom stereocenters. The number of anilines is 1. The Labute approximate surface area is 224 Å². The number of imide groups is 1. The lowest BCUT2D eigenvalue weighted by Gasteiger charge is -2.13. The Bertz CT molecular complexity index is 1680. The minimum absolute atomic E-state index is 0.307.